The number of hydrogen-bond acceptors (Lipinski definition) is 6. The van der Waals surface area contributed by atoms with E-state index < -0.39 is 27.7 Å². The average molecular weight is 318 g/mol. The molecule has 0 saturated carbocycles. The molecule has 112 valence electrons. The predicted molar refractivity (Wildman–Crippen MR) is 77.2 cm³/mol. The van der Waals surface area contributed by atoms with Crippen molar-refractivity contribution in [3.8, 4) is 11.8 Å². The molecule has 0 aliphatic carbocycles. The number of nitrogens with zero attached hydrogens (tertiary/aromatic N) is 2. The van der Waals surface area contributed by atoms with Gasteiger partial charge in [0, 0.05) is 24.3 Å². The summed E-state index contributed by atoms with van der Waals surface area (Å²) in [5.41, 5.74) is 0.209. The lowest BCUT2D eigenvalue weighted by molar-refractivity contribution is -0.119. The second kappa shape index (κ2) is 6.24. The van der Waals surface area contributed by atoms with Crippen molar-refractivity contribution in [2.75, 3.05) is 10.7 Å². The van der Waals surface area contributed by atoms with E-state index in [1.807, 2.05) is 0 Å². The minimum Gasteiger partial charge on any atom is -0.382 e. The maximum atomic E-state index is 11.7. The van der Waals surface area contributed by atoms with E-state index in [4.69, 9.17) is 9.44 Å². The van der Waals surface area contributed by atoms with E-state index in [-0.39, 0.29) is 11.4 Å². The van der Waals surface area contributed by atoms with Crippen LogP contribution in [-0.2, 0) is 19.7 Å². The van der Waals surface area contributed by atoms with Gasteiger partial charge < -0.3 is 4.18 Å². The summed E-state index contributed by atoms with van der Waals surface area (Å²) in [6, 6.07) is 7.27. The van der Waals surface area contributed by atoms with Gasteiger partial charge >= 0.3 is 10.1 Å². The summed E-state index contributed by atoms with van der Waals surface area (Å²) in [5.74, 6) is -1.52. The van der Waals surface area contributed by atoms with Gasteiger partial charge in [0.1, 0.15) is 11.5 Å². The molecule has 0 saturated heterocycles. The van der Waals surface area contributed by atoms with Gasteiger partial charge in [-0.3, -0.25) is 9.59 Å². The fourth-order valence-corrected chi connectivity index (χ4v) is 2.53. The van der Waals surface area contributed by atoms with Crippen LogP contribution < -0.4 is 9.08 Å². The fraction of sp³-hybridized carbons (Fsp3) is 0.0714. The van der Waals surface area contributed by atoms with Gasteiger partial charge in [-0.1, -0.05) is 12.1 Å². The Morgan fingerprint density at radius 1 is 1.23 bits per heavy atom. The zero-order valence-electron chi connectivity index (χ0n) is 11.2. The Hall–Kier alpha value is -2.92. The first-order valence-corrected chi connectivity index (χ1v) is 7.64. The Kier molecular flexibility index (Phi) is 4.39. The van der Waals surface area contributed by atoms with Gasteiger partial charge in [-0.25, -0.2) is 4.90 Å². The highest BCUT2D eigenvalue weighted by Gasteiger charge is 2.25. The van der Waals surface area contributed by atoms with Crippen LogP contribution in [0.3, 0.4) is 0 Å². The van der Waals surface area contributed by atoms with Gasteiger partial charge in [-0.05, 0) is 12.1 Å². The van der Waals surface area contributed by atoms with Gasteiger partial charge in [0.15, 0.2) is 0 Å². The second-order valence-corrected chi connectivity index (χ2v) is 5.80. The third-order valence-corrected chi connectivity index (χ3v) is 3.65. The van der Waals surface area contributed by atoms with Crippen LogP contribution in [0.4, 0.5) is 5.69 Å². The SMILES string of the molecule is N#C/C=C/CS(=O)(=O)Oc1cccc(N2C(=O)C=CC2=O)c1. The smallest absolute Gasteiger partial charge is 0.312 e. The molecule has 0 spiro atoms. The molecule has 0 radical (unpaired) electrons. The number of carbonyl (C=O) groups is 2. The van der Waals surface area contributed by atoms with Crippen molar-refractivity contribution in [2.24, 2.45) is 0 Å². The van der Waals surface area contributed by atoms with Gasteiger partial charge in [0.05, 0.1) is 11.8 Å². The molecular formula is C14H10N2O5S. The number of allylic oxidation sites excluding steroid dienone is 1. The van der Waals surface area contributed by atoms with Gasteiger partial charge in [0.25, 0.3) is 11.8 Å². The Balaban J connectivity index is 2.19. The number of amides is 2. The van der Waals surface area contributed by atoms with E-state index in [1.165, 1.54) is 24.3 Å². The van der Waals surface area contributed by atoms with Crippen molar-refractivity contribution in [3.05, 3.63) is 48.6 Å². The van der Waals surface area contributed by atoms with Crippen LogP contribution in [-0.4, -0.2) is 26.0 Å². The zero-order valence-corrected chi connectivity index (χ0v) is 12.0. The monoisotopic (exact) mass is 318 g/mol. The zero-order chi connectivity index (χ0) is 16.2. The van der Waals surface area contributed by atoms with Crippen molar-refractivity contribution in [3.63, 3.8) is 0 Å². The molecule has 7 nitrogen and oxygen atoms in total. The first-order chi connectivity index (χ1) is 10.4. The summed E-state index contributed by atoms with van der Waals surface area (Å²) in [5, 5.41) is 8.31. The van der Waals surface area contributed by atoms with Crippen LogP contribution in [0.2, 0.25) is 0 Å². The predicted octanol–water partition coefficient (Wildman–Crippen LogP) is 0.904. The molecule has 0 atom stereocenters. The highest BCUT2D eigenvalue weighted by atomic mass is 32.2. The van der Waals surface area contributed by atoms with Crippen molar-refractivity contribution in [1.82, 2.24) is 0 Å². The Labute approximate surface area is 126 Å². The molecule has 1 aliphatic rings. The van der Waals surface area contributed by atoms with Crippen molar-refractivity contribution < 1.29 is 22.2 Å². The lowest BCUT2D eigenvalue weighted by atomic mass is 10.3. The van der Waals surface area contributed by atoms with Gasteiger partial charge in [-0.2, -0.15) is 13.7 Å². The quantitative estimate of drug-likeness (QED) is 0.454. The van der Waals surface area contributed by atoms with Crippen LogP contribution in [0.15, 0.2) is 48.6 Å². The van der Waals surface area contributed by atoms with E-state index in [9.17, 15) is 18.0 Å². The second-order valence-electron chi connectivity index (χ2n) is 4.18. The lowest BCUT2D eigenvalue weighted by Crippen LogP contribution is -2.29. The highest BCUT2D eigenvalue weighted by molar-refractivity contribution is 7.87. The molecule has 1 heterocycles. The molecule has 22 heavy (non-hydrogen) atoms. The van der Waals surface area contributed by atoms with Gasteiger partial charge in [-0.15, -0.1) is 0 Å². The molecular weight excluding hydrogens is 308 g/mol. The molecule has 1 aromatic carbocycles. The van der Waals surface area contributed by atoms with Crippen molar-refractivity contribution in [2.45, 2.75) is 0 Å². The number of nitriles is 1. The van der Waals surface area contributed by atoms with Crippen LogP contribution in [0.1, 0.15) is 0 Å². The third-order valence-electron chi connectivity index (χ3n) is 2.60. The summed E-state index contributed by atoms with van der Waals surface area (Å²) in [7, 11) is -3.92. The van der Waals surface area contributed by atoms with E-state index in [0.717, 1.165) is 29.2 Å². The summed E-state index contributed by atoms with van der Waals surface area (Å²) < 4.78 is 28.2. The van der Waals surface area contributed by atoms with Crippen LogP contribution in [0.5, 0.6) is 5.75 Å². The molecule has 2 amide bonds. The largest absolute Gasteiger partial charge is 0.382 e. The van der Waals surface area contributed by atoms with Crippen LogP contribution in [0, 0.1) is 11.3 Å². The van der Waals surface area contributed by atoms with E-state index in [1.54, 1.807) is 6.07 Å². The molecule has 0 bridgehead atoms. The molecule has 0 fully saturated rings. The number of anilines is 1. The maximum absolute atomic E-state index is 11.7. The summed E-state index contributed by atoms with van der Waals surface area (Å²) in [6.07, 6.45) is 4.43. The van der Waals surface area contributed by atoms with Crippen molar-refractivity contribution in [1.29, 1.82) is 5.26 Å². The fourth-order valence-electron chi connectivity index (χ4n) is 1.73. The molecule has 0 aromatic heterocycles. The van der Waals surface area contributed by atoms with E-state index in [0.29, 0.717) is 0 Å². The average Bonchev–Trinajstić information content (AvgIpc) is 2.78. The Morgan fingerprint density at radius 2 is 1.91 bits per heavy atom. The topological polar surface area (TPSA) is 105 Å². The molecule has 8 heteroatoms. The number of carbonyl (C=O) groups excluding carboxylic acids is 2. The lowest BCUT2D eigenvalue weighted by Gasteiger charge is -2.14. The third kappa shape index (κ3) is 3.59. The minimum absolute atomic E-state index is 0.0321. The van der Waals surface area contributed by atoms with Crippen LogP contribution in [0.25, 0.3) is 0 Å². The normalized spacial score (nSPS) is 14.6. The molecule has 0 unspecified atom stereocenters. The first kappa shape index (κ1) is 15.5. The summed E-state index contributed by atoms with van der Waals surface area (Å²) in [4.78, 5) is 24.0. The Morgan fingerprint density at radius 3 is 2.55 bits per heavy atom. The minimum atomic E-state index is -3.92. The highest BCUT2D eigenvalue weighted by Crippen LogP contribution is 2.24. The summed E-state index contributed by atoms with van der Waals surface area (Å²) >= 11 is 0. The Bertz CT molecular complexity index is 800. The number of hydrogen-bond donors (Lipinski definition) is 0. The molecule has 0 N–H and O–H groups in total. The number of imide groups is 1. The summed E-state index contributed by atoms with van der Waals surface area (Å²) in [6.45, 7) is 0. The molecule has 1 aromatic rings. The maximum Gasteiger partial charge on any atom is 0.312 e. The van der Waals surface area contributed by atoms with Gasteiger partial charge in [0.2, 0.25) is 0 Å². The molecule has 2 rings (SSSR count). The van der Waals surface area contributed by atoms with Crippen LogP contribution >= 0.6 is 0 Å². The van der Waals surface area contributed by atoms with E-state index >= 15 is 0 Å². The molecule has 1 aliphatic heterocycles. The standard InChI is InChI=1S/C14H10N2O5S/c15-8-1-2-9-22(19,20)21-12-5-3-4-11(10-12)16-13(17)6-7-14(16)18/h1-7,10H,9H2/b2-1+. The van der Waals surface area contributed by atoms with Crippen molar-refractivity contribution >= 4 is 27.6 Å². The van der Waals surface area contributed by atoms with E-state index in [2.05, 4.69) is 0 Å². The number of rotatable bonds is 5. The first-order valence-electron chi connectivity index (χ1n) is 6.06. The number of benzene rings is 1.